The summed E-state index contributed by atoms with van der Waals surface area (Å²) in [6, 6.07) is 9.14. The number of amides is 2. The smallest absolute Gasteiger partial charge is 0.279 e. The summed E-state index contributed by atoms with van der Waals surface area (Å²) in [7, 11) is 4.00. The Labute approximate surface area is 155 Å². The molecule has 0 aliphatic carbocycles. The van der Waals surface area contributed by atoms with Gasteiger partial charge in [0.2, 0.25) is 5.91 Å². The van der Waals surface area contributed by atoms with Gasteiger partial charge >= 0.3 is 0 Å². The second-order valence-corrected chi connectivity index (χ2v) is 7.93. The highest BCUT2D eigenvalue weighted by atomic mass is 16.2. The summed E-state index contributed by atoms with van der Waals surface area (Å²) in [6.07, 6.45) is 5.49. The number of quaternary nitrogens is 1. The second-order valence-electron chi connectivity index (χ2n) is 7.93. The molecule has 3 rings (SSSR count). The molecule has 2 aliphatic heterocycles. The molecular weight excluding hydrogens is 328 g/mol. The van der Waals surface area contributed by atoms with E-state index in [1.165, 1.54) is 11.3 Å². The van der Waals surface area contributed by atoms with E-state index in [2.05, 4.69) is 10.6 Å². The van der Waals surface area contributed by atoms with Gasteiger partial charge in [-0.2, -0.15) is 0 Å². The molecule has 6 heteroatoms. The molecule has 0 radical (unpaired) electrons. The van der Waals surface area contributed by atoms with Gasteiger partial charge in [0.15, 0.2) is 6.54 Å². The largest absolute Gasteiger partial charge is 0.378 e. The topological polar surface area (TPSA) is 65.9 Å². The highest BCUT2D eigenvalue weighted by Crippen LogP contribution is 2.22. The van der Waals surface area contributed by atoms with Gasteiger partial charge in [0, 0.05) is 51.3 Å². The Morgan fingerprint density at radius 3 is 2.27 bits per heavy atom. The highest BCUT2D eigenvalue weighted by Gasteiger charge is 2.42. The molecule has 2 heterocycles. The van der Waals surface area contributed by atoms with Crippen molar-refractivity contribution in [1.82, 2.24) is 5.32 Å². The summed E-state index contributed by atoms with van der Waals surface area (Å²) < 4.78 is 0. The second kappa shape index (κ2) is 8.08. The van der Waals surface area contributed by atoms with Crippen LogP contribution in [0.1, 0.15) is 39.0 Å². The van der Waals surface area contributed by atoms with E-state index in [9.17, 15) is 9.59 Å². The number of hydrogen-bond acceptors (Lipinski definition) is 3. The maximum absolute atomic E-state index is 12.6. The van der Waals surface area contributed by atoms with E-state index in [-0.39, 0.29) is 17.9 Å². The van der Waals surface area contributed by atoms with Crippen LogP contribution in [0, 0.1) is 0 Å². The lowest BCUT2D eigenvalue weighted by Crippen LogP contribution is -3.22. The van der Waals surface area contributed by atoms with Gasteiger partial charge in [0.05, 0.1) is 12.1 Å². The van der Waals surface area contributed by atoms with Gasteiger partial charge in [0.1, 0.15) is 0 Å². The Morgan fingerprint density at radius 1 is 1.12 bits per heavy atom. The molecule has 1 aromatic rings. The summed E-state index contributed by atoms with van der Waals surface area (Å²) in [5, 5.41) is 6.12. The number of piperidine rings is 2. The lowest BCUT2D eigenvalue weighted by atomic mass is 9.81. The Kier molecular flexibility index (Phi) is 5.81. The Hall–Kier alpha value is -2.08. The zero-order valence-corrected chi connectivity index (χ0v) is 16.0. The first kappa shape index (κ1) is 18.7. The third-order valence-corrected chi connectivity index (χ3v) is 5.73. The standard InChI is InChI=1S/C20H30N4O2/c1-14(25)21-16-11-18-5-4-6-19(12-16)24(18)13-20(26)22-15-7-9-17(10-8-15)23(2)3/h7-10,16,18-19H,4-6,11-13H2,1-3H3,(H,21,25)(H,22,26)/p+1/t18-,19-/m1/s1. The molecule has 142 valence electrons. The van der Waals surface area contributed by atoms with Crippen LogP contribution in [0.15, 0.2) is 24.3 Å². The maximum atomic E-state index is 12.6. The van der Waals surface area contributed by atoms with Crippen molar-refractivity contribution in [3.63, 3.8) is 0 Å². The number of carbonyl (C=O) groups is 2. The minimum atomic E-state index is 0.0513. The zero-order chi connectivity index (χ0) is 18.7. The van der Waals surface area contributed by atoms with Crippen LogP contribution in [-0.4, -0.2) is 50.6 Å². The Morgan fingerprint density at radius 2 is 1.73 bits per heavy atom. The van der Waals surface area contributed by atoms with Crippen molar-refractivity contribution >= 4 is 23.2 Å². The predicted octanol–water partition coefficient (Wildman–Crippen LogP) is 0.796. The Balaban J connectivity index is 1.57. The minimum absolute atomic E-state index is 0.0513. The van der Waals surface area contributed by atoms with Crippen LogP contribution >= 0.6 is 0 Å². The van der Waals surface area contributed by atoms with Crippen LogP contribution in [0.5, 0.6) is 0 Å². The van der Waals surface area contributed by atoms with Gasteiger partial charge in [-0.05, 0) is 43.5 Å². The summed E-state index contributed by atoms with van der Waals surface area (Å²) in [6.45, 7) is 2.10. The summed E-state index contributed by atoms with van der Waals surface area (Å²) in [5.41, 5.74) is 1.96. The summed E-state index contributed by atoms with van der Waals surface area (Å²) in [5.74, 6) is 0.128. The number of hydrogen-bond donors (Lipinski definition) is 3. The fourth-order valence-electron chi connectivity index (χ4n) is 4.56. The van der Waals surface area contributed by atoms with Crippen molar-refractivity contribution in [2.24, 2.45) is 0 Å². The maximum Gasteiger partial charge on any atom is 0.279 e. The van der Waals surface area contributed by atoms with E-state index >= 15 is 0 Å². The molecule has 2 amide bonds. The molecule has 0 spiro atoms. The molecular formula is C20H31N4O2+. The van der Waals surface area contributed by atoms with Gasteiger partial charge in [-0.3, -0.25) is 9.59 Å². The number of carbonyl (C=O) groups excluding carboxylic acids is 2. The van der Waals surface area contributed by atoms with Gasteiger partial charge in [0.25, 0.3) is 5.91 Å². The number of nitrogens with one attached hydrogen (secondary N) is 3. The molecule has 2 fully saturated rings. The van der Waals surface area contributed by atoms with Crippen molar-refractivity contribution in [1.29, 1.82) is 0 Å². The fraction of sp³-hybridized carbons (Fsp3) is 0.600. The van der Waals surface area contributed by atoms with Crippen molar-refractivity contribution in [2.45, 2.75) is 57.2 Å². The average Bonchev–Trinajstić information content (AvgIpc) is 2.55. The molecule has 2 atom stereocenters. The molecule has 3 N–H and O–H groups in total. The third-order valence-electron chi connectivity index (χ3n) is 5.73. The van der Waals surface area contributed by atoms with Crippen molar-refractivity contribution < 1.29 is 14.5 Å². The van der Waals surface area contributed by atoms with E-state index in [1.54, 1.807) is 6.92 Å². The first-order chi connectivity index (χ1) is 12.4. The molecule has 1 aromatic carbocycles. The number of rotatable bonds is 5. The van der Waals surface area contributed by atoms with Gasteiger partial charge in [-0.25, -0.2) is 0 Å². The van der Waals surface area contributed by atoms with Gasteiger partial charge in [-0.15, -0.1) is 0 Å². The lowest BCUT2D eigenvalue weighted by Gasteiger charge is -2.45. The summed E-state index contributed by atoms with van der Waals surface area (Å²) in [4.78, 5) is 27.4. The first-order valence-corrected chi connectivity index (χ1v) is 9.62. The number of nitrogens with zero attached hydrogens (tertiary/aromatic N) is 1. The van der Waals surface area contributed by atoms with Crippen LogP contribution < -0.4 is 20.4 Å². The molecule has 2 saturated heterocycles. The van der Waals surface area contributed by atoms with Crippen LogP contribution in [0.3, 0.4) is 0 Å². The van der Waals surface area contributed by atoms with Crippen LogP contribution in [0.4, 0.5) is 11.4 Å². The monoisotopic (exact) mass is 359 g/mol. The lowest BCUT2D eigenvalue weighted by molar-refractivity contribution is -0.953. The highest BCUT2D eigenvalue weighted by molar-refractivity contribution is 5.91. The minimum Gasteiger partial charge on any atom is -0.378 e. The molecule has 2 bridgehead atoms. The normalized spacial score (nSPS) is 27.5. The van der Waals surface area contributed by atoms with E-state index in [0.717, 1.165) is 37.1 Å². The Bertz CT molecular complexity index is 630. The first-order valence-electron chi connectivity index (χ1n) is 9.62. The fourth-order valence-corrected chi connectivity index (χ4v) is 4.56. The molecule has 0 unspecified atom stereocenters. The van der Waals surface area contributed by atoms with Crippen molar-refractivity contribution in [2.75, 3.05) is 30.9 Å². The van der Waals surface area contributed by atoms with E-state index in [4.69, 9.17) is 0 Å². The number of fused-ring (bicyclic) bond motifs is 2. The van der Waals surface area contributed by atoms with E-state index < -0.39 is 0 Å². The summed E-state index contributed by atoms with van der Waals surface area (Å²) >= 11 is 0. The quantitative estimate of drug-likeness (QED) is 0.728. The van der Waals surface area contributed by atoms with Crippen LogP contribution in [0.2, 0.25) is 0 Å². The zero-order valence-electron chi connectivity index (χ0n) is 16.0. The molecule has 0 aromatic heterocycles. The van der Waals surface area contributed by atoms with Crippen molar-refractivity contribution in [3.05, 3.63) is 24.3 Å². The van der Waals surface area contributed by atoms with Crippen molar-refractivity contribution in [3.8, 4) is 0 Å². The molecule has 6 nitrogen and oxygen atoms in total. The predicted molar refractivity (Wildman–Crippen MR) is 103 cm³/mol. The average molecular weight is 359 g/mol. The number of benzene rings is 1. The van der Waals surface area contributed by atoms with Crippen LogP contribution in [-0.2, 0) is 9.59 Å². The third kappa shape index (κ3) is 4.55. The van der Waals surface area contributed by atoms with Crippen LogP contribution in [0.25, 0.3) is 0 Å². The molecule has 26 heavy (non-hydrogen) atoms. The van der Waals surface area contributed by atoms with E-state index in [1.807, 2.05) is 43.3 Å². The van der Waals surface area contributed by atoms with Gasteiger partial charge in [-0.1, -0.05) is 0 Å². The molecule has 0 saturated carbocycles. The van der Waals surface area contributed by atoms with E-state index in [0.29, 0.717) is 18.6 Å². The SMILES string of the molecule is CC(=O)NC1C[C@H]2CCC[C@H](C1)[NH+]2CC(=O)Nc1ccc(N(C)C)cc1. The molecule has 2 aliphatic rings. The number of anilines is 2. The van der Waals surface area contributed by atoms with Gasteiger partial charge < -0.3 is 20.4 Å².